The number of nitrogens with zero attached hydrogens (tertiary/aromatic N) is 1. The number of aromatic amines is 1. The largest absolute Gasteiger partial charge is 0.268 e. The summed E-state index contributed by atoms with van der Waals surface area (Å²) in [5.41, 5.74) is 0.947. The number of H-pyrrole nitrogens is 1. The maximum Gasteiger partial charge on any atom is 0.264 e. The van der Waals surface area contributed by atoms with Crippen LogP contribution in [0.4, 0.5) is 0 Å². The zero-order valence-electron chi connectivity index (χ0n) is 12.8. The molecule has 2 aromatic heterocycles. The smallest absolute Gasteiger partial charge is 0.264 e. The predicted octanol–water partition coefficient (Wildman–Crippen LogP) is 2.36. The molecule has 1 saturated carbocycles. The molecule has 2 heterocycles. The van der Waals surface area contributed by atoms with Crippen molar-refractivity contribution in [3.05, 3.63) is 33.9 Å². The van der Waals surface area contributed by atoms with Gasteiger partial charge in [0.15, 0.2) is 0 Å². The minimum Gasteiger partial charge on any atom is -0.268 e. The van der Waals surface area contributed by atoms with Crippen LogP contribution in [0.3, 0.4) is 0 Å². The van der Waals surface area contributed by atoms with Crippen LogP contribution in [-0.2, 0) is 10.0 Å². The molecule has 1 fully saturated rings. The highest BCUT2D eigenvalue weighted by atomic mass is 32.2. The second-order valence-corrected chi connectivity index (χ2v) is 8.89. The van der Waals surface area contributed by atoms with E-state index in [1.54, 1.807) is 17.5 Å². The van der Waals surface area contributed by atoms with E-state index in [4.69, 9.17) is 0 Å². The Kier molecular flexibility index (Phi) is 4.65. The van der Waals surface area contributed by atoms with Gasteiger partial charge in [0, 0.05) is 23.1 Å². The number of nitrogens with one attached hydrogen (secondary N) is 2. The van der Waals surface area contributed by atoms with Crippen LogP contribution >= 0.6 is 11.3 Å². The zero-order chi connectivity index (χ0) is 16.4. The molecule has 0 spiro atoms. The molecule has 0 radical (unpaired) electrons. The highest BCUT2D eigenvalue weighted by molar-refractivity contribution is 7.91. The van der Waals surface area contributed by atoms with Crippen LogP contribution in [0.2, 0.25) is 0 Å². The summed E-state index contributed by atoms with van der Waals surface area (Å²) in [6.07, 6.45) is 3.90. The maximum atomic E-state index is 12.5. The van der Waals surface area contributed by atoms with E-state index >= 15 is 0 Å². The lowest BCUT2D eigenvalue weighted by atomic mass is 9.88. The lowest BCUT2D eigenvalue weighted by Gasteiger charge is -2.26. The highest BCUT2D eigenvalue weighted by Gasteiger charge is 2.25. The third-order valence-electron chi connectivity index (χ3n) is 4.15. The first-order valence-electron chi connectivity index (χ1n) is 7.61. The molecule has 0 unspecified atom stereocenters. The van der Waals surface area contributed by atoms with Crippen molar-refractivity contribution >= 4 is 21.4 Å². The van der Waals surface area contributed by atoms with Crippen LogP contribution < -0.4 is 10.3 Å². The summed E-state index contributed by atoms with van der Waals surface area (Å²) in [7, 11) is -3.50. The maximum absolute atomic E-state index is 12.5. The van der Waals surface area contributed by atoms with Crippen LogP contribution in [-0.4, -0.2) is 24.7 Å². The molecule has 0 aliphatic heterocycles. The van der Waals surface area contributed by atoms with E-state index in [-0.39, 0.29) is 15.8 Å². The van der Waals surface area contributed by atoms with E-state index < -0.39 is 10.0 Å². The molecule has 0 aromatic carbocycles. The summed E-state index contributed by atoms with van der Waals surface area (Å²) in [6.45, 7) is 2.20. The van der Waals surface area contributed by atoms with E-state index in [2.05, 4.69) is 21.8 Å². The van der Waals surface area contributed by atoms with Crippen molar-refractivity contribution in [2.75, 3.05) is 0 Å². The molecule has 23 heavy (non-hydrogen) atoms. The van der Waals surface area contributed by atoms with Gasteiger partial charge in [0.05, 0.1) is 5.69 Å². The van der Waals surface area contributed by atoms with E-state index in [9.17, 15) is 13.2 Å². The molecule has 6 nitrogen and oxygen atoms in total. The van der Waals surface area contributed by atoms with Gasteiger partial charge in [-0.2, -0.15) is 5.10 Å². The van der Waals surface area contributed by atoms with E-state index in [0.29, 0.717) is 17.2 Å². The zero-order valence-corrected chi connectivity index (χ0v) is 14.4. The monoisotopic (exact) mass is 353 g/mol. The SMILES string of the molecule is CC1CCC(NS(=O)(=O)c2cc(-c3ccc(=O)[nH]n3)cs2)CC1. The molecular formula is C15H19N3O3S2. The van der Waals surface area contributed by atoms with Crippen molar-refractivity contribution < 1.29 is 8.42 Å². The van der Waals surface area contributed by atoms with Gasteiger partial charge < -0.3 is 0 Å². The average Bonchev–Trinajstić information content (AvgIpc) is 3.01. The third-order valence-corrected chi connectivity index (χ3v) is 7.11. The fourth-order valence-corrected chi connectivity index (χ4v) is 5.25. The second-order valence-electron chi connectivity index (χ2n) is 6.04. The summed E-state index contributed by atoms with van der Waals surface area (Å²) in [4.78, 5) is 11.0. The number of hydrogen-bond donors (Lipinski definition) is 2. The van der Waals surface area contributed by atoms with E-state index in [0.717, 1.165) is 37.0 Å². The minimum atomic E-state index is -3.50. The minimum absolute atomic E-state index is 0.0213. The Labute approximate surface area is 139 Å². The lowest BCUT2D eigenvalue weighted by molar-refractivity contribution is 0.332. The van der Waals surface area contributed by atoms with Gasteiger partial charge in [0.25, 0.3) is 5.56 Å². The Hall–Kier alpha value is -1.51. The van der Waals surface area contributed by atoms with E-state index in [1.807, 2.05) is 0 Å². The van der Waals surface area contributed by atoms with Gasteiger partial charge in [-0.3, -0.25) is 4.79 Å². The standard InChI is InChI=1S/C15H19N3O3S2/c1-10-2-4-12(5-3-10)18-23(20,21)15-8-11(9-22-15)13-6-7-14(19)17-16-13/h6-10,12,18H,2-5H2,1H3,(H,17,19). The summed E-state index contributed by atoms with van der Waals surface area (Å²) in [5, 5.41) is 8.01. The van der Waals surface area contributed by atoms with Crippen molar-refractivity contribution in [1.29, 1.82) is 0 Å². The van der Waals surface area contributed by atoms with Crippen LogP contribution in [0.15, 0.2) is 32.6 Å². The molecular weight excluding hydrogens is 334 g/mol. The van der Waals surface area contributed by atoms with Gasteiger partial charge >= 0.3 is 0 Å². The number of aromatic nitrogens is 2. The van der Waals surface area contributed by atoms with Crippen molar-refractivity contribution in [2.24, 2.45) is 5.92 Å². The lowest BCUT2D eigenvalue weighted by Crippen LogP contribution is -2.36. The second kappa shape index (κ2) is 6.54. The van der Waals surface area contributed by atoms with Crippen molar-refractivity contribution in [2.45, 2.75) is 42.9 Å². The van der Waals surface area contributed by atoms with Crippen LogP contribution in [0, 0.1) is 5.92 Å². The number of rotatable bonds is 4. The van der Waals surface area contributed by atoms with Crippen LogP contribution in [0.5, 0.6) is 0 Å². The highest BCUT2D eigenvalue weighted by Crippen LogP contribution is 2.29. The van der Waals surface area contributed by atoms with Crippen molar-refractivity contribution in [1.82, 2.24) is 14.9 Å². The van der Waals surface area contributed by atoms with Crippen molar-refractivity contribution in [3.63, 3.8) is 0 Å². The molecule has 8 heteroatoms. The number of hydrogen-bond acceptors (Lipinski definition) is 5. The molecule has 1 aliphatic carbocycles. The Bertz CT molecular complexity index is 813. The summed E-state index contributed by atoms with van der Waals surface area (Å²) >= 11 is 1.16. The van der Waals surface area contributed by atoms with Gasteiger partial charge in [-0.15, -0.1) is 11.3 Å². The average molecular weight is 353 g/mol. The Morgan fingerprint density at radius 3 is 2.65 bits per heavy atom. The van der Waals surface area contributed by atoms with Gasteiger partial charge in [-0.1, -0.05) is 6.92 Å². The van der Waals surface area contributed by atoms with Crippen LogP contribution in [0.1, 0.15) is 32.6 Å². The van der Waals surface area contributed by atoms with Crippen LogP contribution in [0.25, 0.3) is 11.3 Å². The van der Waals surface area contributed by atoms with Gasteiger partial charge in [0.2, 0.25) is 10.0 Å². The quantitative estimate of drug-likeness (QED) is 0.882. The molecule has 2 N–H and O–H groups in total. The Morgan fingerprint density at radius 2 is 2.00 bits per heavy atom. The molecule has 124 valence electrons. The number of sulfonamides is 1. The summed E-state index contributed by atoms with van der Waals surface area (Å²) in [5.74, 6) is 0.676. The summed E-state index contributed by atoms with van der Waals surface area (Å²) in [6, 6.07) is 4.56. The molecule has 3 rings (SSSR count). The van der Waals surface area contributed by atoms with Gasteiger partial charge in [-0.25, -0.2) is 18.2 Å². The third kappa shape index (κ3) is 3.88. The normalized spacial score (nSPS) is 22.1. The molecule has 2 aromatic rings. The molecule has 0 amide bonds. The first-order chi connectivity index (χ1) is 10.9. The molecule has 0 atom stereocenters. The van der Waals surface area contributed by atoms with Crippen molar-refractivity contribution in [3.8, 4) is 11.3 Å². The van der Waals surface area contributed by atoms with Gasteiger partial charge in [-0.05, 0) is 43.7 Å². The molecule has 1 aliphatic rings. The number of thiophene rings is 1. The van der Waals surface area contributed by atoms with Gasteiger partial charge in [0.1, 0.15) is 4.21 Å². The predicted molar refractivity (Wildman–Crippen MR) is 89.9 cm³/mol. The summed E-state index contributed by atoms with van der Waals surface area (Å²) < 4.78 is 28.1. The first-order valence-corrected chi connectivity index (χ1v) is 9.97. The van der Waals surface area contributed by atoms with E-state index in [1.165, 1.54) is 6.07 Å². The fourth-order valence-electron chi connectivity index (χ4n) is 2.75. The molecule has 0 bridgehead atoms. The first kappa shape index (κ1) is 16.4. The fraction of sp³-hybridized carbons (Fsp3) is 0.467. The topological polar surface area (TPSA) is 91.9 Å². The Morgan fingerprint density at radius 1 is 1.26 bits per heavy atom. The Balaban J connectivity index is 1.76. The molecule has 0 saturated heterocycles.